The highest BCUT2D eigenvalue weighted by atomic mass is 16.2. The van der Waals surface area contributed by atoms with Gasteiger partial charge in [-0.3, -0.25) is 9.59 Å². The summed E-state index contributed by atoms with van der Waals surface area (Å²) in [5.74, 6) is -0.474. The van der Waals surface area contributed by atoms with Crippen LogP contribution in [0.25, 0.3) is 0 Å². The van der Waals surface area contributed by atoms with Crippen LogP contribution in [-0.4, -0.2) is 24.2 Å². The quantitative estimate of drug-likeness (QED) is 0.380. The van der Waals surface area contributed by atoms with Crippen LogP contribution >= 0.6 is 0 Å². The van der Waals surface area contributed by atoms with Gasteiger partial charge in [0.2, 0.25) is 11.8 Å². The van der Waals surface area contributed by atoms with Gasteiger partial charge in [0.15, 0.2) is 0 Å². The minimum Gasteiger partial charge on any atom is -0.273 e. The van der Waals surface area contributed by atoms with E-state index in [2.05, 4.69) is 21.1 Å². The van der Waals surface area contributed by atoms with E-state index in [4.69, 9.17) is 10.5 Å². The summed E-state index contributed by atoms with van der Waals surface area (Å²) in [5, 5.41) is 25.2. The minimum absolute atomic E-state index is 0.237. The number of nitriles is 2. The molecule has 0 spiro atoms. The second-order valence-corrected chi connectivity index (χ2v) is 6.26. The summed E-state index contributed by atoms with van der Waals surface area (Å²) >= 11 is 0. The van der Waals surface area contributed by atoms with E-state index < -0.39 is 0 Å². The van der Waals surface area contributed by atoms with Gasteiger partial charge in [0, 0.05) is 12.8 Å². The topological polar surface area (TPSA) is 130 Å². The SMILES string of the molecule is N#Cc1ccc(/C=N/NC(=O)CCCCC(=O)N/N=C/c2ccc(C#N)cc2)cc1. The molecule has 0 aliphatic heterocycles. The highest BCUT2D eigenvalue weighted by Gasteiger charge is 2.03. The first-order valence-corrected chi connectivity index (χ1v) is 9.25. The van der Waals surface area contributed by atoms with Gasteiger partial charge in [-0.05, 0) is 48.2 Å². The van der Waals surface area contributed by atoms with Gasteiger partial charge < -0.3 is 0 Å². The first-order chi connectivity index (χ1) is 14.6. The maximum absolute atomic E-state index is 11.7. The molecule has 0 atom stereocenters. The Balaban J connectivity index is 1.59. The number of hydrogen-bond donors (Lipinski definition) is 2. The molecule has 2 aromatic rings. The Morgan fingerprint density at radius 2 is 1.10 bits per heavy atom. The van der Waals surface area contributed by atoms with Crippen LogP contribution < -0.4 is 10.9 Å². The second kappa shape index (κ2) is 12.2. The largest absolute Gasteiger partial charge is 0.273 e. The van der Waals surface area contributed by atoms with E-state index >= 15 is 0 Å². The maximum atomic E-state index is 11.7. The van der Waals surface area contributed by atoms with E-state index in [9.17, 15) is 9.59 Å². The highest BCUT2D eigenvalue weighted by molar-refractivity contribution is 5.83. The monoisotopic (exact) mass is 400 g/mol. The van der Waals surface area contributed by atoms with Crippen LogP contribution in [0.3, 0.4) is 0 Å². The van der Waals surface area contributed by atoms with Gasteiger partial charge in [-0.25, -0.2) is 10.9 Å². The molecule has 0 unspecified atom stereocenters. The van der Waals surface area contributed by atoms with Gasteiger partial charge in [0.05, 0.1) is 35.7 Å². The van der Waals surface area contributed by atoms with Crippen molar-refractivity contribution in [2.45, 2.75) is 25.7 Å². The lowest BCUT2D eigenvalue weighted by molar-refractivity contribution is -0.123. The Bertz CT molecular complexity index is 912. The third-order valence-corrected chi connectivity index (χ3v) is 3.94. The van der Waals surface area contributed by atoms with E-state index in [-0.39, 0.29) is 24.7 Å². The summed E-state index contributed by atoms with van der Waals surface area (Å²) in [4.78, 5) is 23.5. The summed E-state index contributed by atoms with van der Waals surface area (Å²) < 4.78 is 0. The highest BCUT2D eigenvalue weighted by Crippen LogP contribution is 2.02. The zero-order valence-corrected chi connectivity index (χ0v) is 16.2. The molecule has 8 nitrogen and oxygen atoms in total. The molecule has 2 N–H and O–H groups in total. The molecular weight excluding hydrogens is 380 g/mol. The fourth-order valence-corrected chi connectivity index (χ4v) is 2.33. The molecule has 0 aliphatic rings. The number of hydrogen-bond acceptors (Lipinski definition) is 6. The average Bonchev–Trinajstić information content (AvgIpc) is 2.77. The predicted octanol–water partition coefficient (Wildman–Crippen LogP) is 2.59. The predicted molar refractivity (Wildman–Crippen MR) is 112 cm³/mol. The minimum atomic E-state index is -0.237. The van der Waals surface area contributed by atoms with Gasteiger partial charge in [0.1, 0.15) is 0 Å². The number of carbonyl (C=O) groups is 2. The number of rotatable bonds is 9. The van der Waals surface area contributed by atoms with Crippen LogP contribution in [-0.2, 0) is 9.59 Å². The molecule has 0 bridgehead atoms. The molecule has 0 fully saturated rings. The summed E-state index contributed by atoms with van der Waals surface area (Å²) in [6, 6.07) is 17.7. The van der Waals surface area contributed by atoms with E-state index in [1.807, 2.05) is 12.1 Å². The summed E-state index contributed by atoms with van der Waals surface area (Å²) in [5.41, 5.74) is 7.51. The van der Waals surface area contributed by atoms with Crippen molar-refractivity contribution < 1.29 is 9.59 Å². The molecule has 0 saturated heterocycles. The third kappa shape index (κ3) is 8.15. The van der Waals surface area contributed by atoms with Crippen LogP contribution in [0.5, 0.6) is 0 Å². The number of benzene rings is 2. The molecule has 2 amide bonds. The Morgan fingerprint density at radius 3 is 1.43 bits per heavy atom. The van der Waals surface area contributed by atoms with E-state index in [1.165, 1.54) is 12.4 Å². The molecule has 2 rings (SSSR count). The average molecular weight is 400 g/mol. The Hall–Kier alpha value is -4.30. The van der Waals surface area contributed by atoms with Crippen LogP contribution in [0, 0.1) is 22.7 Å². The molecule has 0 heterocycles. The standard InChI is InChI=1S/C22H20N6O2/c23-13-17-5-9-19(10-6-17)15-25-27-21(29)3-1-2-4-22(30)28-26-16-20-11-7-18(14-24)8-12-20/h5-12,15-16H,1-4H2,(H,27,29)(H,28,30)/b25-15+,26-16+. The fraction of sp³-hybridized carbons (Fsp3) is 0.182. The fourth-order valence-electron chi connectivity index (χ4n) is 2.33. The van der Waals surface area contributed by atoms with Crippen LogP contribution in [0.1, 0.15) is 47.9 Å². The van der Waals surface area contributed by atoms with Crippen molar-refractivity contribution in [3.63, 3.8) is 0 Å². The van der Waals surface area contributed by atoms with Crippen LogP contribution in [0.2, 0.25) is 0 Å². The zero-order valence-electron chi connectivity index (χ0n) is 16.2. The molecule has 150 valence electrons. The number of amides is 2. The number of carbonyl (C=O) groups excluding carboxylic acids is 2. The first-order valence-electron chi connectivity index (χ1n) is 9.25. The van der Waals surface area contributed by atoms with Crippen molar-refractivity contribution in [3.05, 3.63) is 70.8 Å². The Kier molecular flexibility index (Phi) is 8.96. The van der Waals surface area contributed by atoms with Crippen molar-refractivity contribution in [2.75, 3.05) is 0 Å². The number of hydrazone groups is 2. The van der Waals surface area contributed by atoms with Crippen molar-refractivity contribution in [1.29, 1.82) is 10.5 Å². The second-order valence-electron chi connectivity index (χ2n) is 6.26. The van der Waals surface area contributed by atoms with Crippen molar-refractivity contribution in [3.8, 4) is 12.1 Å². The van der Waals surface area contributed by atoms with E-state index in [1.54, 1.807) is 48.5 Å². The van der Waals surface area contributed by atoms with Gasteiger partial charge >= 0.3 is 0 Å². The van der Waals surface area contributed by atoms with Crippen LogP contribution in [0.4, 0.5) is 0 Å². The van der Waals surface area contributed by atoms with Crippen molar-refractivity contribution in [1.82, 2.24) is 10.9 Å². The molecule has 30 heavy (non-hydrogen) atoms. The summed E-state index contributed by atoms with van der Waals surface area (Å²) in [6.45, 7) is 0. The van der Waals surface area contributed by atoms with Crippen molar-refractivity contribution >= 4 is 24.2 Å². The lowest BCUT2D eigenvalue weighted by atomic mass is 10.2. The van der Waals surface area contributed by atoms with Gasteiger partial charge in [0.25, 0.3) is 0 Å². The first kappa shape index (κ1) is 22.0. The summed E-state index contributed by atoms with van der Waals surface area (Å²) in [7, 11) is 0. The molecule has 8 heteroatoms. The lowest BCUT2D eigenvalue weighted by Crippen LogP contribution is -2.19. The Labute approximate surface area is 174 Å². The molecule has 0 saturated carbocycles. The molecule has 0 aliphatic carbocycles. The lowest BCUT2D eigenvalue weighted by Gasteiger charge is -2.01. The van der Waals surface area contributed by atoms with Crippen molar-refractivity contribution in [2.24, 2.45) is 10.2 Å². The molecule has 0 radical (unpaired) electrons. The summed E-state index contributed by atoms with van der Waals surface area (Å²) in [6.07, 6.45) is 4.60. The zero-order chi connectivity index (χ0) is 21.6. The Morgan fingerprint density at radius 1 is 0.733 bits per heavy atom. The number of nitrogens with one attached hydrogen (secondary N) is 2. The van der Waals surface area contributed by atoms with E-state index in [0.29, 0.717) is 24.0 Å². The number of unbranched alkanes of at least 4 members (excludes halogenated alkanes) is 1. The third-order valence-electron chi connectivity index (χ3n) is 3.94. The smallest absolute Gasteiger partial charge is 0.240 e. The number of nitrogens with zero attached hydrogens (tertiary/aromatic N) is 4. The van der Waals surface area contributed by atoms with Gasteiger partial charge in [-0.15, -0.1) is 0 Å². The van der Waals surface area contributed by atoms with E-state index in [0.717, 1.165) is 11.1 Å². The molecule has 2 aromatic carbocycles. The molecular formula is C22H20N6O2. The molecule has 0 aromatic heterocycles. The van der Waals surface area contributed by atoms with Gasteiger partial charge in [-0.1, -0.05) is 24.3 Å². The van der Waals surface area contributed by atoms with Crippen LogP contribution in [0.15, 0.2) is 58.7 Å². The normalized spacial score (nSPS) is 10.5. The maximum Gasteiger partial charge on any atom is 0.240 e. The van der Waals surface area contributed by atoms with Gasteiger partial charge in [-0.2, -0.15) is 20.7 Å².